The Morgan fingerprint density at radius 3 is 2.45 bits per heavy atom. The molecule has 0 saturated carbocycles. The SMILES string of the molecule is c1cc(-c2cnn(-c3ccc(N4CCNCC4)cc3)c2)c(OCC2CCNCC2)cn1. The van der Waals surface area contributed by atoms with Crippen LogP contribution >= 0.6 is 0 Å². The number of rotatable bonds is 6. The Kier molecular flexibility index (Phi) is 6.13. The van der Waals surface area contributed by atoms with Crippen LogP contribution in [0, 0.1) is 5.92 Å². The van der Waals surface area contributed by atoms with Crippen LogP contribution in [0.25, 0.3) is 16.8 Å². The Labute approximate surface area is 183 Å². The molecule has 4 heterocycles. The lowest BCUT2D eigenvalue weighted by molar-refractivity contribution is 0.215. The Hall–Kier alpha value is -2.90. The number of piperazine rings is 1. The Morgan fingerprint density at radius 1 is 0.903 bits per heavy atom. The fourth-order valence-corrected chi connectivity index (χ4v) is 4.33. The first-order chi connectivity index (χ1) is 15.4. The molecule has 0 radical (unpaired) electrons. The molecule has 2 aliphatic heterocycles. The van der Waals surface area contributed by atoms with Gasteiger partial charge in [0.15, 0.2) is 0 Å². The maximum absolute atomic E-state index is 6.19. The van der Waals surface area contributed by atoms with Crippen molar-refractivity contribution in [2.24, 2.45) is 5.92 Å². The first-order valence-corrected chi connectivity index (χ1v) is 11.3. The molecule has 7 heteroatoms. The smallest absolute Gasteiger partial charge is 0.145 e. The number of hydrogen-bond donors (Lipinski definition) is 2. The van der Waals surface area contributed by atoms with E-state index in [9.17, 15) is 0 Å². The Morgan fingerprint density at radius 2 is 1.65 bits per heavy atom. The van der Waals surface area contributed by atoms with Crippen molar-refractivity contribution >= 4 is 5.69 Å². The zero-order valence-electron chi connectivity index (χ0n) is 17.8. The van der Waals surface area contributed by atoms with Crippen molar-refractivity contribution in [3.05, 3.63) is 55.1 Å². The molecule has 5 rings (SSSR count). The molecule has 162 valence electrons. The molecule has 0 atom stereocenters. The van der Waals surface area contributed by atoms with Crippen LogP contribution < -0.4 is 20.3 Å². The van der Waals surface area contributed by atoms with Crippen molar-refractivity contribution in [2.45, 2.75) is 12.8 Å². The van der Waals surface area contributed by atoms with E-state index in [4.69, 9.17) is 4.74 Å². The number of piperidine rings is 1. The van der Waals surface area contributed by atoms with Crippen LogP contribution in [-0.2, 0) is 0 Å². The van der Waals surface area contributed by atoms with Gasteiger partial charge in [0.2, 0.25) is 0 Å². The summed E-state index contributed by atoms with van der Waals surface area (Å²) < 4.78 is 8.12. The number of aromatic nitrogens is 3. The van der Waals surface area contributed by atoms with Gasteiger partial charge >= 0.3 is 0 Å². The summed E-state index contributed by atoms with van der Waals surface area (Å²) in [5, 5.41) is 11.4. The highest BCUT2D eigenvalue weighted by Crippen LogP contribution is 2.30. The summed E-state index contributed by atoms with van der Waals surface area (Å²) >= 11 is 0. The minimum absolute atomic E-state index is 0.603. The molecule has 0 unspecified atom stereocenters. The fraction of sp³-hybridized carbons (Fsp3) is 0.417. The normalized spacial score (nSPS) is 17.6. The largest absolute Gasteiger partial charge is 0.491 e. The van der Waals surface area contributed by atoms with Crippen molar-refractivity contribution in [3.8, 4) is 22.6 Å². The van der Waals surface area contributed by atoms with Crippen LogP contribution in [0.3, 0.4) is 0 Å². The van der Waals surface area contributed by atoms with E-state index in [1.165, 1.54) is 5.69 Å². The third-order valence-corrected chi connectivity index (χ3v) is 6.21. The van der Waals surface area contributed by atoms with Crippen molar-refractivity contribution in [1.29, 1.82) is 0 Å². The molecule has 3 aromatic rings. The number of hydrogen-bond acceptors (Lipinski definition) is 6. The van der Waals surface area contributed by atoms with E-state index in [0.717, 1.165) is 81.3 Å². The van der Waals surface area contributed by atoms with Crippen LogP contribution in [0.2, 0.25) is 0 Å². The van der Waals surface area contributed by atoms with Gasteiger partial charge in [-0.2, -0.15) is 5.10 Å². The van der Waals surface area contributed by atoms with Gasteiger partial charge in [-0.1, -0.05) is 0 Å². The predicted octanol–water partition coefficient (Wildman–Crippen LogP) is 2.72. The number of ether oxygens (including phenoxy) is 1. The van der Waals surface area contributed by atoms with Crippen molar-refractivity contribution < 1.29 is 4.74 Å². The van der Waals surface area contributed by atoms with Crippen molar-refractivity contribution in [1.82, 2.24) is 25.4 Å². The second kappa shape index (κ2) is 9.49. The number of nitrogens with zero attached hydrogens (tertiary/aromatic N) is 4. The minimum atomic E-state index is 0.603. The molecule has 2 saturated heterocycles. The Bertz CT molecular complexity index is 974. The second-order valence-electron chi connectivity index (χ2n) is 8.30. The van der Waals surface area contributed by atoms with E-state index in [0.29, 0.717) is 5.92 Å². The van der Waals surface area contributed by atoms with E-state index < -0.39 is 0 Å². The average molecular weight is 419 g/mol. The topological polar surface area (TPSA) is 67.2 Å². The molecule has 0 spiro atoms. The van der Waals surface area contributed by atoms with Gasteiger partial charge in [0.25, 0.3) is 0 Å². The highest BCUT2D eigenvalue weighted by Gasteiger charge is 2.16. The molecule has 2 fully saturated rings. The number of nitrogens with one attached hydrogen (secondary N) is 2. The first kappa shape index (κ1) is 20.0. The lowest BCUT2D eigenvalue weighted by Gasteiger charge is -2.29. The van der Waals surface area contributed by atoms with Crippen molar-refractivity contribution in [3.63, 3.8) is 0 Å². The molecule has 31 heavy (non-hydrogen) atoms. The van der Waals surface area contributed by atoms with Crippen LogP contribution in [0.5, 0.6) is 5.75 Å². The monoisotopic (exact) mass is 418 g/mol. The summed E-state index contributed by atoms with van der Waals surface area (Å²) in [6, 6.07) is 10.6. The number of pyridine rings is 1. The summed E-state index contributed by atoms with van der Waals surface area (Å²) in [4.78, 5) is 6.69. The average Bonchev–Trinajstić information content (AvgIpc) is 3.34. The third-order valence-electron chi connectivity index (χ3n) is 6.21. The van der Waals surface area contributed by atoms with Gasteiger partial charge in [0.05, 0.1) is 24.7 Å². The number of anilines is 1. The lowest BCUT2D eigenvalue weighted by Crippen LogP contribution is -2.43. The second-order valence-corrected chi connectivity index (χ2v) is 8.30. The first-order valence-electron chi connectivity index (χ1n) is 11.3. The van der Waals surface area contributed by atoms with Crippen LogP contribution in [0.1, 0.15) is 12.8 Å². The molecule has 2 aromatic heterocycles. The maximum atomic E-state index is 6.19. The van der Waals surface area contributed by atoms with Crippen LogP contribution in [-0.4, -0.2) is 60.6 Å². The van der Waals surface area contributed by atoms with Crippen molar-refractivity contribution in [2.75, 3.05) is 50.8 Å². The maximum Gasteiger partial charge on any atom is 0.145 e. The highest BCUT2D eigenvalue weighted by molar-refractivity contribution is 5.68. The molecular formula is C24H30N6O. The van der Waals surface area contributed by atoms with Gasteiger partial charge in [0.1, 0.15) is 5.75 Å². The highest BCUT2D eigenvalue weighted by atomic mass is 16.5. The summed E-state index contributed by atoms with van der Waals surface area (Å²) in [5.41, 5.74) is 4.39. The summed E-state index contributed by atoms with van der Waals surface area (Å²) in [6.45, 7) is 7.07. The van der Waals surface area contributed by atoms with Gasteiger partial charge in [-0.25, -0.2) is 4.68 Å². The molecule has 0 aliphatic carbocycles. The van der Waals surface area contributed by atoms with Gasteiger partial charge < -0.3 is 20.3 Å². The standard InChI is InChI=1S/C24H30N6O/c1-3-22(4-2-21(1)29-13-11-26-12-14-29)30-17-20(15-28-30)23-7-10-27-16-24(23)31-18-19-5-8-25-9-6-19/h1-4,7,10,15-17,19,25-26H,5-6,8-9,11-14,18H2. The molecule has 7 nitrogen and oxygen atoms in total. The van der Waals surface area contributed by atoms with E-state index in [2.05, 4.69) is 56.1 Å². The van der Waals surface area contributed by atoms with Crippen LogP contribution in [0.15, 0.2) is 55.1 Å². The van der Waals surface area contributed by atoms with Gasteiger partial charge in [-0.05, 0) is 62.2 Å². The van der Waals surface area contributed by atoms with E-state index >= 15 is 0 Å². The molecule has 2 N–H and O–H groups in total. The van der Waals surface area contributed by atoms with Gasteiger partial charge in [0, 0.05) is 55.4 Å². The quantitative estimate of drug-likeness (QED) is 0.642. The third kappa shape index (κ3) is 4.73. The van der Waals surface area contributed by atoms with Gasteiger partial charge in [-0.15, -0.1) is 0 Å². The zero-order chi connectivity index (χ0) is 20.9. The lowest BCUT2D eigenvalue weighted by atomic mass is 9.99. The van der Waals surface area contributed by atoms with E-state index in [1.54, 1.807) is 0 Å². The molecule has 0 amide bonds. The van der Waals surface area contributed by atoms with E-state index in [1.807, 2.05) is 29.3 Å². The van der Waals surface area contributed by atoms with E-state index in [-0.39, 0.29) is 0 Å². The summed E-state index contributed by atoms with van der Waals surface area (Å²) in [6.07, 6.45) is 9.92. The van der Waals surface area contributed by atoms with Crippen LogP contribution in [0.4, 0.5) is 5.69 Å². The fourth-order valence-electron chi connectivity index (χ4n) is 4.33. The molecule has 0 bridgehead atoms. The predicted molar refractivity (Wildman–Crippen MR) is 123 cm³/mol. The minimum Gasteiger partial charge on any atom is -0.491 e. The van der Waals surface area contributed by atoms with Gasteiger partial charge in [-0.3, -0.25) is 4.98 Å². The molecule has 2 aliphatic rings. The Balaban J connectivity index is 1.30. The summed E-state index contributed by atoms with van der Waals surface area (Å²) in [5.74, 6) is 1.43. The zero-order valence-corrected chi connectivity index (χ0v) is 17.8. The number of benzene rings is 1. The molecular weight excluding hydrogens is 388 g/mol. The summed E-state index contributed by atoms with van der Waals surface area (Å²) in [7, 11) is 0. The molecule has 1 aromatic carbocycles.